The Hall–Kier alpha value is -2.59. The van der Waals surface area contributed by atoms with Crippen molar-refractivity contribution in [2.24, 2.45) is 12.5 Å². The number of rotatable bonds is 9. The number of imidazole rings is 1. The van der Waals surface area contributed by atoms with Crippen LogP contribution >= 0.6 is 23.2 Å². The molecule has 1 N–H and O–H groups in total. The second-order valence-corrected chi connectivity index (χ2v) is 9.95. The lowest BCUT2D eigenvalue weighted by Crippen LogP contribution is -2.27. The molecular weight excluding hydrogens is 471 g/mol. The highest BCUT2D eigenvalue weighted by Gasteiger charge is 2.34. The van der Waals surface area contributed by atoms with Crippen molar-refractivity contribution < 1.29 is 9.53 Å². The Morgan fingerprint density at radius 3 is 2.85 bits per heavy atom. The van der Waals surface area contributed by atoms with Crippen LogP contribution in [0.1, 0.15) is 47.3 Å². The molecule has 1 fully saturated rings. The van der Waals surface area contributed by atoms with Gasteiger partial charge in [0.1, 0.15) is 5.82 Å². The Morgan fingerprint density at radius 1 is 1.32 bits per heavy atom. The molecule has 4 rings (SSSR count). The number of aryl methyl sites for hydroxylation is 3. The summed E-state index contributed by atoms with van der Waals surface area (Å²) < 4.78 is 7.71. The number of hydrogen-bond acceptors (Lipinski definition) is 4. The van der Waals surface area contributed by atoms with Crippen LogP contribution in [0.5, 0.6) is 0 Å². The molecule has 1 saturated heterocycles. The Labute approximate surface area is 209 Å². The molecule has 0 saturated carbocycles. The van der Waals surface area contributed by atoms with Crippen molar-refractivity contribution in [3.05, 3.63) is 62.4 Å². The molecule has 1 aliphatic rings. The average Bonchev–Trinajstić information content (AvgIpc) is 3.42. The lowest BCUT2D eigenvalue weighted by atomic mass is 9.78. The zero-order valence-electron chi connectivity index (χ0n) is 19.5. The van der Waals surface area contributed by atoms with Gasteiger partial charge in [-0.2, -0.15) is 5.26 Å². The smallest absolute Gasteiger partial charge is 0.207 e. The number of aromatic nitrogens is 2. The minimum absolute atomic E-state index is 0.0481. The molecule has 178 valence electrons. The van der Waals surface area contributed by atoms with Gasteiger partial charge in [0, 0.05) is 36.7 Å². The molecule has 1 unspecified atom stereocenters. The fourth-order valence-corrected chi connectivity index (χ4v) is 5.45. The minimum atomic E-state index is 0.0481. The number of halogens is 2. The van der Waals surface area contributed by atoms with E-state index >= 15 is 0 Å². The topological polar surface area (TPSA) is 79.9 Å². The van der Waals surface area contributed by atoms with Gasteiger partial charge in [-0.1, -0.05) is 29.3 Å². The zero-order chi connectivity index (χ0) is 24.3. The van der Waals surface area contributed by atoms with Gasteiger partial charge in [0.15, 0.2) is 0 Å². The average molecular weight is 499 g/mol. The Balaban J connectivity index is 1.59. The van der Waals surface area contributed by atoms with E-state index in [0.29, 0.717) is 35.2 Å². The summed E-state index contributed by atoms with van der Waals surface area (Å²) in [5, 5.41) is 13.4. The highest BCUT2D eigenvalue weighted by Crippen LogP contribution is 2.39. The summed E-state index contributed by atoms with van der Waals surface area (Å²) in [5.41, 5.74) is 5.34. The lowest BCUT2D eigenvalue weighted by Gasteiger charge is -2.27. The number of carbonyl (C=O) groups is 1. The summed E-state index contributed by atoms with van der Waals surface area (Å²) in [6, 6.07) is 9.84. The van der Waals surface area contributed by atoms with Gasteiger partial charge in [-0.3, -0.25) is 4.79 Å². The normalized spacial score (nSPS) is 17.7. The number of amides is 1. The number of hydrogen-bond donors (Lipinski definition) is 1. The predicted octanol–water partition coefficient (Wildman–Crippen LogP) is 5.13. The fraction of sp³-hybridized carbons (Fsp3) is 0.423. The third-order valence-electron chi connectivity index (χ3n) is 6.99. The third-order valence-corrected chi connectivity index (χ3v) is 7.82. The highest BCUT2D eigenvalue weighted by molar-refractivity contribution is 6.36. The van der Waals surface area contributed by atoms with E-state index in [1.54, 1.807) is 0 Å². The van der Waals surface area contributed by atoms with Crippen LogP contribution in [-0.2, 0) is 29.4 Å². The quantitative estimate of drug-likeness (QED) is 0.327. The van der Waals surface area contributed by atoms with Crippen LogP contribution in [0.3, 0.4) is 0 Å². The molecule has 1 aromatic heterocycles. The van der Waals surface area contributed by atoms with Gasteiger partial charge in [-0.05, 0) is 72.9 Å². The van der Waals surface area contributed by atoms with Crippen LogP contribution in [-0.4, -0.2) is 35.7 Å². The Kier molecular flexibility index (Phi) is 7.47. The summed E-state index contributed by atoms with van der Waals surface area (Å²) in [5.74, 6) is 0.842. The van der Waals surface area contributed by atoms with E-state index in [-0.39, 0.29) is 5.41 Å². The minimum Gasteiger partial charge on any atom is -0.381 e. The number of nitriles is 1. The SMILES string of the molecule is Cc1cc(C#N)cc2c1nc(Cc1c(Cl)ccc(CCC3(CCNC=O)CCOC3)c1Cl)n2C. The molecule has 8 heteroatoms. The molecule has 3 aromatic rings. The second-order valence-electron chi connectivity index (χ2n) is 9.16. The number of ether oxygens (including phenoxy) is 1. The first kappa shape index (κ1) is 24.5. The first-order chi connectivity index (χ1) is 16.4. The van der Waals surface area contributed by atoms with Gasteiger partial charge in [-0.25, -0.2) is 4.98 Å². The van der Waals surface area contributed by atoms with E-state index in [1.807, 2.05) is 42.8 Å². The van der Waals surface area contributed by atoms with Crippen LogP contribution in [0.15, 0.2) is 24.3 Å². The summed E-state index contributed by atoms with van der Waals surface area (Å²) in [7, 11) is 1.95. The molecule has 1 amide bonds. The number of carbonyl (C=O) groups excluding carboxylic acids is 1. The molecule has 2 heterocycles. The van der Waals surface area contributed by atoms with Gasteiger partial charge in [0.2, 0.25) is 6.41 Å². The van der Waals surface area contributed by atoms with E-state index in [9.17, 15) is 10.1 Å². The first-order valence-electron chi connectivity index (χ1n) is 11.4. The summed E-state index contributed by atoms with van der Waals surface area (Å²) in [4.78, 5) is 15.5. The van der Waals surface area contributed by atoms with Crippen molar-refractivity contribution >= 4 is 40.6 Å². The maximum Gasteiger partial charge on any atom is 0.207 e. The largest absolute Gasteiger partial charge is 0.381 e. The highest BCUT2D eigenvalue weighted by atomic mass is 35.5. The summed E-state index contributed by atoms with van der Waals surface area (Å²) >= 11 is 13.5. The van der Waals surface area contributed by atoms with Crippen LogP contribution < -0.4 is 5.32 Å². The monoisotopic (exact) mass is 498 g/mol. The van der Waals surface area contributed by atoms with Gasteiger partial charge in [0.25, 0.3) is 0 Å². The third kappa shape index (κ3) is 4.93. The van der Waals surface area contributed by atoms with Gasteiger partial charge >= 0.3 is 0 Å². The van der Waals surface area contributed by atoms with Crippen molar-refractivity contribution in [3.63, 3.8) is 0 Å². The van der Waals surface area contributed by atoms with Crippen molar-refractivity contribution in [2.45, 2.75) is 39.0 Å². The number of fused-ring (bicyclic) bond motifs is 1. The number of nitrogens with one attached hydrogen (secondary N) is 1. The lowest BCUT2D eigenvalue weighted by molar-refractivity contribution is -0.109. The van der Waals surface area contributed by atoms with Gasteiger partial charge < -0.3 is 14.6 Å². The van der Waals surface area contributed by atoms with E-state index in [0.717, 1.165) is 72.2 Å². The molecule has 0 spiro atoms. The molecule has 1 aliphatic heterocycles. The number of nitrogens with zero attached hydrogens (tertiary/aromatic N) is 3. The predicted molar refractivity (Wildman–Crippen MR) is 134 cm³/mol. The molecule has 1 atom stereocenters. The van der Waals surface area contributed by atoms with Crippen LogP contribution in [0.2, 0.25) is 10.0 Å². The van der Waals surface area contributed by atoms with E-state index in [4.69, 9.17) is 32.9 Å². The van der Waals surface area contributed by atoms with Crippen LogP contribution in [0, 0.1) is 23.7 Å². The van der Waals surface area contributed by atoms with Crippen LogP contribution in [0.4, 0.5) is 0 Å². The number of benzene rings is 2. The molecule has 2 aromatic carbocycles. The molecule has 6 nitrogen and oxygen atoms in total. The maximum atomic E-state index is 10.7. The van der Waals surface area contributed by atoms with Crippen LogP contribution in [0.25, 0.3) is 11.0 Å². The molecular formula is C26H28Cl2N4O2. The maximum absolute atomic E-state index is 10.7. The summed E-state index contributed by atoms with van der Waals surface area (Å²) in [6.45, 7) is 4.07. The second kappa shape index (κ2) is 10.4. The van der Waals surface area contributed by atoms with Crippen molar-refractivity contribution in [2.75, 3.05) is 19.8 Å². The van der Waals surface area contributed by atoms with Crippen molar-refractivity contribution in [3.8, 4) is 6.07 Å². The first-order valence-corrected chi connectivity index (χ1v) is 12.2. The molecule has 0 bridgehead atoms. The Morgan fingerprint density at radius 2 is 2.15 bits per heavy atom. The Bertz CT molecular complexity index is 1260. The molecule has 34 heavy (non-hydrogen) atoms. The van der Waals surface area contributed by atoms with Gasteiger partial charge in [0.05, 0.1) is 29.3 Å². The zero-order valence-corrected chi connectivity index (χ0v) is 21.0. The van der Waals surface area contributed by atoms with E-state index < -0.39 is 0 Å². The van der Waals surface area contributed by atoms with Crippen molar-refractivity contribution in [1.82, 2.24) is 14.9 Å². The molecule has 0 aliphatic carbocycles. The van der Waals surface area contributed by atoms with Gasteiger partial charge in [-0.15, -0.1) is 0 Å². The van der Waals surface area contributed by atoms with E-state index in [2.05, 4.69) is 11.4 Å². The van der Waals surface area contributed by atoms with Crippen molar-refractivity contribution in [1.29, 1.82) is 5.26 Å². The standard InChI is InChI=1S/C26H28Cl2N4O2/c1-17-11-18(14-29)12-22-25(17)31-23(32(22)2)13-20-21(27)4-3-19(24(20)28)5-6-26(7-9-30-16-33)8-10-34-15-26/h3-4,11-12,16H,5-10,13,15H2,1-2H3,(H,30,33). The molecule has 0 radical (unpaired) electrons. The van der Waals surface area contributed by atoms with E-state index in [1.165, 1.54) is 0 Å². The summed E-state index contributed by atoms with van der Waals surface area (Å²) in [6.07, 6.45) is 4.84. The fourth-order valence-electron chi connectivity index (χ4n) is 4.85.